The number of aliphatic hydroxyl groups is 1. The number of nitrogens with zero attached hydrogens (tertiary/aromatic N) is 3. The van der Waals surface area contributed by atoms with Crippen LogP contribution in [0.15, 0.2) is 46.5 Å². The molecule has 3 aromatic rings. The van der Waals surface area contributed by atoms with E-state index in [2.05, 4.69) is 15.1 Å². The Labute approximate surface area is 124 Å². The van der Waals surface area contributed by atoms with Crippen molar-refractivity contribution in [3.05, 3.63) is 52.4 Å². The zero-order chi connectivity index (χ0) is 14.7. The van der Waals surface area contributed by atoms with Crippen molar-refractivity contribution in [1.29, 1.82) is 0 Å². The summed E-state index contributed by atoms with van der Waals surface area (Å²) < 4.78 is 1.54. The maximum Gasteiger partial charge on any atom is 0.262 e. The van der Waals surface area contributed by atoms with Crippen LogP contribution in [0.25, 0.3) is 11.0 Å². The molecule has 0 radical (unpaired) electrons. The number of aliphatic hydroxyl groups excluding tert-OH is 1. The number of nitrogens with one attached hydrogen (secondary N) is 1. The first-order valence-electron chi connectivity index (χ1n) is 6.51. The van der Waals surface area contributed by atoms with Crippen LogP contribution in [-0.4, -0.2) is 31.5 Å². The number of benzene rings is 1. The summed E-state index contributed by atoms with van der Waals surface area (Å²) >= 11 is 1.46. The molecule has 3 rings (SSSR count). The lowest BCUT2D eigenvalue weighted by atomic mass is 10.2. The highest BCUT2D eigenvalue weighted by atomic mass is 32.2. The first-order chi connectivity index (χ1) is 10.3. The summed E-state index contributed by atoms with van der Waals surface area (Å²) in [7, 11) is 0. The molecule has 2 heterocycles. The number of H-pyrrole nitrogens is 1. The molecule has 0 saturated heterocycles. The molecule has 0 fully saturated rings. The lowest BCUT2D eigenvalue weighted by Crippen LogP contribution is -2.11. The fourth-order valence-corrected chi connectivity index (χ4v) is 2.81. The van der Waals surface area contributed by atoms with Crippen LogP contribution in [0.1, 0.15) is 5.56 Å². The maximum atomic E-state index is 12.0. The summed E-state index contributed by atoms with van der Waals surface area (Å²) in [5.74, 6) is 0.726. The molecule has 0 aliphatic heterocycles. The molecule has 0 aliphatic carbocycles. The molecule has 0 atom stereocenters. The van der Waals surface area contributed by atoms with E-state index in [0.717, 1.165) is 11.3 Å². The van der Waals surface area contributed by atoms with Gasteiger partial charge < -0.3 is 10.1 Å². The Morgan fingerprint density at radius 3 is 2.86 bits per heavy atom. The summed E-state index contributed by atoms with van der Waals surface area (Å²) in [6.07, 6.45) is 1.47. The Hall–Kier alpha value is -2.12. The molecule has 21 heavy (non-hydrogen) atoms. The van der Waals surface area contributed by atoms with Crippen molar-refractivity contribution < 1.29 is 5.11 Å². The fraction of sp³-hybridized carbons (Fsp3) is 0.214. The minimum absolute atomic E-state index is 0.0439. The molecule has 0 bridgehead atoms. The van der Waals surface area contributed by atoms with Gasteiger partial charge in [0.25, 0.3) is 5.56 Å². The molecule has 2 N–H and O–H groups in total. The molecular weight excluding hydrogens is 288 g/mol. The Bertz CT molecular complexity index is 798. The van der Waals surface area contributed by atoms with Crippen LogP contribution in [0.4, 0.5) is 0 Å². The maximum absolute atomic E-state index is 12.0. The highest BCUT2D eigenvalue weighted by molar-refractivity contribution is 7.98. The van der Waals surface area contributed by atoms with Gasteiger partial charge in [0.2, 0.25) is 0 Å². The topological polar surface area (TPSA) is 83.8 Å². The van der Waals surface area contributed by atoms with Gasteiger partial charge in [-0.05, 0) is 5.56 Å². The molecule has 1 aromatic carbocycles. The van der Waals surface area contributed by atoms with Gasteiger partial charge in [-0.1, -0.05) is 42.1 Å². The molecule has 0 amide bonds. The molecule has 108 valence electrons. The second-order valence-corrected chi connectivity index (χ2v) is 5.44. The standard InChI is InChI=1S/C14H14N4O2S/c19-7-6-18-12-11(8-15-18)13(20)17-14(16-12)21-9-10-4-2-1-3-5-10/h1-5,8,19H,6-7,9H2,(H,16,17,20). The lowest BCUT2D eigenvalue weighted by molar-refractivity contribution is 0.271. The van der Waals surface area contributed by atoms with Gasteiger partial charge in [-0.25, -0.2) is 9.67 Å². The predicted molar refractivity (Wildman–Crippen MR) is 81.2 cm³/mol. The third kappa shape index (κ3) is 2.98. The molecule has 0 aliphatic rings. The van der Waals surface area contributed by atoms with Crippen LogP contribution in [0, 0.1) is 0 Å². The lowest BCUT2D eigenvalue weighted by Gasteiger charge is -2.03. The van der Waals surface area contributed by atoms with Gasteiger partial charge >= 0.3 is 0 Å². The molecule has 0 unspecified atom stereocenters. The van der Waals surface area contributed by atoms with E-state index in [1.807, 2.05) is 30.3 Å². The van der Waals surface area contributed by atoms with E-state index in [-0.39, 0.29) is 12.2 Å². The van der Waals surface area contributed by atoms with E-state index in [0.29, 0.717) is 22.7 Å². The van der Waals surface area contributed by atoms with E-state index in [9.17, 15) is 4.79 Å². The minimum atomic E-state index is -0.209. The van der Waals surface area contributed by atoms with Crippen LogP contribution in [0.5, 0.6) is 0 Å². The number of hydrogen-bond donors (Lipinski definition) is 2. The van der Waals surface area contributed by atoms with E-state index >= 15 is 0 Å². The van der Waals surface area contributed by atoms with E-state index in [1.165, 1.54) is 22.6 Å². The van der Waals surface area contributed by atoms with E-state index < -0.39 is 0 Å². The normalized spacial score (nSPS) is 11.1. The Morgan fingerprint density at radius 2 is 2.10 bits per heavy atom. The van der Waals surface area contributed by atoms with Gasteiger partial charge in [-0.2, -0.15) is 5.10 Å². The van der Waals surface area contributed by atoms with Gasteiger partial charge in [-0.15, -0.1) is 0 Å². The summed E-state index contributed by atoms with van der Waals surface area (Å²) in [4.78, 5) is 19.2. The molecule has 2 aromatic heterocycles. The SMILES string of the molecule is O=c1[nH]c(SCc2ccccc2)nc2c1cnn2CCO. The van der Waals surface area contributed by atoms with Crippen LogP contribution in [0.2, 0.25) is 0 Å². The predicted octanol–water partition coefficient (Wildman–Crippen LogP) is 1.40. The van der Waals surface area contributed by atoms with Crippen molar-refractivity contribution in [3.8, 4) is 0 Å². The van der Waals surface area contributed by atoms with Gasteiger partial charge in [0.05, 0.1) is 19.3 Å². The largest absolute Gasteiger partial charge is 0.394 e. The first kappa shape index (κ1) is 13.8. The fourth-order valence-electron chi connectivity index (χ4n) is 2.00. The number of aromatic amines is 1. The number of hydrogen-bond acceptors (Lipinski definition) is 5. The number of aromatic nitrogens is 4. The average molecular weight is 302 g/mol. The summed E-state index contributed by atoms with van der Waals surface area (Å²) in [6, 6.07) is 9.98. The highest BCUT2D eigenvalue weighted by Gasteiger charge is 2.10. The number of fused-ring (bicyclic) bond motifs is 1. The second-order valence-electron chi connectivity index (χ2n) is 4.47. The molecular formula is C14H14N4O2S. The van der Waals surface area contributed by atoms with Gasteiger partial charge in [0.1, 0.15) is 5.39 Å². The average Bonchev–Trinajstić information content (AvgIpc) is 2.90. The van der Waals surface area contributed by atoms with Crippen LogP contribution in [-0.2, 0) is 12.3 Å². The van der Waals surface area contributed by atoms with Crippen LogP contribution >= 0.6 is 11.8 Å². The van der Waals surface area contributed by atoms with Crippen molar-refractivity contribution in [2.75, 3.05) is 6.61 Å². The highest BCUT2D eigenvalue weighted by Crippen LogP contribution is 2.19. The van der Waals surface area contributed by atoms with Crippen molar-refractivity contribution in [1.82, 2.24) is 19.7 Å². The van der Waals surface area contributed by atoms with Crippen molar-refractivity contribution >= 4 is 22.8 Å². The van der Waals surface area contributed by atoms with E-state index in [4.69, 9.17) is 5.11 Å². The zero-order valence-electron chi connectivity index (χ0n) is 11.2. The molecule has 0 spiro atoms. The Morgan fingerprint density at radius 1 is 1.29 bits per heavy atom. The first-order valence-corrected chi connectivity index (χ1v) is 7.50. The summed E-state index contributed by atoms with van der Waals surface area (Å²) in [5, 5.41) is 14.1. The van der Waals surface area contributed by atoms with Crippen LogP contribution in [0.3, 0.4) is 0 Å². The van der Waals surface area contributed by atoms with Crippen molar-refractivity contribution in [3.63, 3.8) is 0 Å². The van der Waals surface area contributed by atoms with E-state index in [1.54, 1.807) is 0 Å². The second kappa shape index (κ2) is 6.11. The quantitative estimate of drug-likeness (QED) is 0.550. The number of rotatable bonds is 5. The Kier molecular flexibility index (Phi) is 4.03. The van der Waals surface area contributed by atoms with Gasteiger partial charge in [0.15, 0.2) is 10.8 Å². The third-order valence-electron chi connectivity index (χ3n) is 3.01. The molecule has 7 heteroatoms. The summed E-state index contributed by atoms with van der Waals surface area (Å²) in [6.45, 7) is 0.278. The number of thioether (sulfide) groups is 1. The van der Waals surface area contributed by atoms with Crippen LogP contribution < -0.4 is 5.56 Å². The van der Waals surface area contributed by atoms with Gasteiger partial charge in [0, 0.05) is 5.75 Å². The smallest absolute Gasteiger partial charge is 0.262 e. The van der Waals surface area contributed by atoms with Crippen molar-refractivity contribution in [2.45, 2.75) is 17.5 Å². The Balaban J connectivity index is 1.88. The third-order valence-corrected chi connectivity index (χ3v) is 3.96. The monoisotopic (exact) mass is 302 g/mol. The summed E-state index contributed by atoms with van der Waals surface area (Å²) in [5.41, 5.74) is 1.46. The zero-order valence-corrected chi connectivity index (χ0v) is 12.0. The molecule has 6 nitrogen and oxygen atoms in total. The minimum Gasteiger partial charge on any atom is -0.394 e. The van der Waals surface area contributed by atoms with Gasteiger partial charge in [-0.3, -0.25) is 4.79 Å². The van der Waals surface area contributed by atoms with Crippen molar-refractivity contribution in [2.24, 2.45) is 0 Å². The molecule has 0 saturated carbocycles.